The number of rotatable bonds is 3. The Morgan fingerprint density at radius 2 is 2.12 bits per heavy atom. The van der Waals surface area contributed by atoms with Gasteiger partial charge in [-0.15, -0.1) is 0 Å². The number of H-pyrrole nitrogens is 1. The molecule has 1 aromatic carbocycles. The predicted molar refractivity (Wildman–Crippen MR) is 95.7 cm³/mol. The average Bonchev–Trinajstić information content (AvgIpc) is 2.63. The zero-order valence-electron chi connectivity index (χ0n) is 14.6. The Kier molecular flexibility index (Phi) is 4.26. The number of pyridine rings is 1. The molecule has 0 saturated carbocycles. The van der Waals surface area contributed by atoms with Crippen LogP contribution in [0.5, 0.6) is 5.75 Å². The van der Waals surface area contributed by atoms with E-state index < -0.39 is 5.97 Å². The maximum Gasteiger partial charge on any atom is 0.333 e. The van der Waals surface area contributed by atoms with Crippen LogP contribution in [0, 0.1) is 18.3 Å². The number of allylic oxidation sites excluding steroid dienone is 1. The summed E-state index contributed by atoms with van der Waals surface area (Å²) in [7, 11) is 1.48. The monoisotopic (exact) mass is 351 g/mol. The molecular weight excluding hydrogens is 334 g/mol. The van der Waals surface area contributed by atoms with Crippen molar-refractivity contribution in [3.63, 3.8) is 0 Å². The Labute approximate surface area is 149 Å². The maximum atomic E-state index is 12.4. The van der Waals surface area contributed by atoms with Gasteiger partial charge in [0.15, 0.2) is 0 Å². The van der Waals surface area contributed by atoms with Crippen molar-refractivity contribution in [2.45, 2.75) is 20.3 Å². The lowest BCUT2D eigenvalue weighted by molar-refractivity contribution is -0.132. The van der Waals surface area contributed by atoms with Crippen molar-refractivity contribution in [1.29, 1.82) is 5.26 Å². The summed E-state index contributed by atoms with van der Waals surface area (Å²) in [6, 6.07) is 6.95. The molecule has 1 aliphatic rings. The highest BCUT2D eigenvalue weighted by atomic mass is 16.5. The number of nitrogens with one attached hydrogen (secondary N) is 1. The molecule has 1 aliphatic heterocycles. The topological polar surface area (TPSA) is 106 Å². The van der Waals surface area contributed by atoms with Gasteiger partial charge in [-0.05, 0) is 31.5 Å². The van der Waals surface area contributed by atoms with Gasteiger partial charge in [0, 0.05) is 29.9 Å². The number of methoxy groups -OCH3 is 1. The fraction of sp³-hybridized carbons (Fsp3) is 0.211. The minimum atomic E-state index is -1.08. The molecule has 1 aromatic heterocycles. The van der Waals surface area contributed by atoms with E-state index in [1.54, 1.807) is 36.2 Å². The van der Waals surface area contributed by atoms with E-state index in [0.717, 1.165) is 5.56 Å². The predicted octanol–water partition coefficient (Wildman–Crippen LogP) is 2.62. The summed E-state index contributed by atoms with van der Waals surface area (Å²) in [6.45, 7) is 3.54. The first-order valence-electron chi connectivity index (χ1n) is 7.91. The fourth-order valence-electron chi connectivity index (χ4n) is 3.22. The number of carboxylic acids is 1. The Morgan fingerprint density at radius 3 is 2.73 bits per heavy atom. The lowest BCUT2D eigenvalue weighted by Gasteiger charge is -2.34. The fourth-order valence-corrected chi connectivity index (χ4v) is 3.22. The van der Waals surface area contributed by atoms with Gasteiger partial charge in [-0.1, -0.05) is 0 Å². The van der Waals surface area contributed by atoms with Crippen LogP contribution in [0.2, 0.25) is 0 Å². The van der Waals surface area contributed by atoms with Crippen molar-refractivity contribution < 1.29 is 14.6 Å². The van der Waals surface area contributed by atoms with Gasteiger partial charge in [0.1, 0.15) is 5.75 Å². The summed E-state index contributed by atoms with van der Waals surface area (Å²) in [5.41, 5.74) is 3.13. The van der Waals surface area contributed by atoms with Crippen molar-refractivity contribution in [2.75, 3.05) is 12.0 Å². The second-order valence-electron chi connectivity index (χ2n) is 6.01. The minimum Gasteiger partial charge on any atom is -0.495 e. The summed E-state index contributed by atoms with van der Waals surface area (Å²) in [6.07, 6.45) is 1.64. The van der Waals surface area contributed by atoms with Gasteiger partial charge in [-0.2, -0.15) is 5.26 Å². The van der Waals surface area contributed by atoms with Crippen molar-refractivity contribution >= 4 is 17.3 Å². The van der Waals surface area contributed by atoms with Crippen molar-refractivity contribution in [1.82, 2.24) is 4.98 Å². The first kappa shape index (κ1) is 17.3. The summed E-state index contributed by atoms with van der Waals surface area (Å²) < 4.78 is 5.42. The highest BCUT2D eigenvalue weighted by molar-refractivity contribution is 5.93. The molecule has 0 bridgehead atoms. The van der Waals surface area contributed by atoms with Crippen LogP contribution in [0.4, 0.5) is 11.4 Å². The van der Waals surface area contributed by atoms with Crippen molar-refractivity contribution in [2.24, 2.45) is 0 Å². The van der Waals surface area contributed by atoms with Gasteiger partial charge in [0.25, 0.3) is 5.56 Å². The van der Waals surface area contributed by atoms with E-state index in [9.17, 15) is 14.7 Å². The van der Waals surface area contributed by atoms with Crippen LogP contribution in [0.3, 0.4) is 0 Å². The number of anilines is 2. The third-order valence-electron chi connectivity index (χ3n) is 4.51. The normalized spacial score (nSPS) is 13.2. The van der Waals surface area contributed by atoms with Gasteiger partial charge >= 0.3 is 5.97 Å². The highest BCUT2D eigenvalue weighted by Gasteiger charge is 2.31. The first-order valence-corrected chi connectivity index (χ1v) is 7.91. The van der Waals surface area contributed by atoms with E-state index >= 15 is 0 Å². The van der Waals surface area contributed by atoms with E-state index in [1.807, 2.05) is 6.92 Å². The molecule has 0 saturated heterocycles. The Balaban J connectivity index is 2.36. The molecule has 3 rings (SSSR count). The van der Waals surface area contributed by atoms with Crippen LogP contribution in [0.1, 0.15) is 23.6 Å². The molecule has 0 fully saturated rings. The SMILES string of the molecule is COc1cc(C#N)ccc1N1C(C)=C(C(=O)O)Cc2c1c(C)c[nH]c2=O. The number of ether oxygens (including phenoxy) is 1. The second-order valence-corrected chi connectivity index (χ2v) is 6.01. The number of hydrogen-bond donors (Lipinski definition) is 2. The molecule has 0 unspecified atom stereocenters. The van der Waals surface area contributed by atoms with Crippen LogP contribution in [0.25, 0.3) is 0 Å². The minimum absolute atomic E-state index is 0.0443. The third-order valence-corrected chi connectivity index (χ3v) is 4.51. The van der Waals surface area contributed by atoms with Gasteiger partial charge in [0.05, 0.1) is 35.7 Å². The van der Waals surface area contributed by atoms with Crippen LogP contribution in [0.15, 0.2) is 40.5 Å². The molecule has 0 radical (unpaired) electrons. The molecule has 2 heterocycles. The Morgan fingerprint density at radius 1 is 1.38 bits per heavy atom. The molecule has 2 N–H and O–H groups in total. The molecule has 7 heteroatoms. The van der Waals surface area contributed by atoms with Gasteiger partial charge in [-0.25, -0.2) is 4.79 Å². The maximum absolute atomic E-state index is 12.4. The number of nitrogens with zero attached hydrogens (tertiary/aromatic N) is 2. The van der Waals surface area contributed by atoms with Gasteiger partial charge in [0.2, 0.25) is 0 Å². The molecule has 0 amide bonds. The summed E-state index contributed by atoms with van der Waals surface area (Å²) >= 11 is 0. The van der Waals surface area contributed by atoms with Crippen LogP contribution in [-0.2, 0) is 11.2 Å². The lowest BCUT2D eigenvalue weighted by atomic mass is 9.94. The van der Waals surface area contributed by atoms with E-state index in [1.165, 1.54) is 7.11 Å². The number of aryl methyl sites for hydroxylation is 1. The van der Waals surface area contributed by atoms with E-state index in [0.29, 0.717) is 33.9 Å². The summed E-state index contributed by atoms with van der Waals surface area (Å²) in [4.78, 5) is 28.4. The zero-order valence-corrected chi connectivity index (χ0v) is 14.6. The standard InChI is InChI=1S/C19H17N3O4/c1-10-9-21-18(23)14-7-13(19(24)25)11(2)22(17(10)14)15-5-4-12(8-20)6-16(15)26-3/h4-6,9H,7H2,1-3H3,(H,21,23)(H,24,25). The molecule has 26 heavy (non-hydrogen) atoms. The summed E-state index contributed by atoms with van der Waals surface area (Å²) in [5.74, 6) is -0.660. The van der Waals surface area contributed by atoms with Crippen LogP contribution >= 0.6 is 0 Å². The van der Waals surface area contributed by atoms with Crippen LogP contribution in [-0.4, -0.2) is 23.2 Å². The molecule has 132 valence electrons. The third kappa shape index (κ3) is 2.62. The number of aromatic amines is 1. The zero-order chi connectivity index (χ0) is 19.0. The van der Waals surface area contributed by atoms with E-state index in [2.05, 4.69) is 11.1 Å². The molecule has 0 spiro atoms. The highest BCUT2D eigenvalue weighted by Crippen LogP contribution is 2.43. The van der Waals surface area contributed by atoms with Crippen molar-refractivity contribution in [3.8, 4) is 11.8 Å². The number of aliphatic carboxylic acids is 1. The number of benzene rings is 1. The largest absolute Gasteiger partial charge is 0.495 e. The molecule has 0 aliphatic carbocycles. The van der Waals surface area contributed by atoms with E-state index in [-0.39, 0.29) is 17.6 Å². The molecule has 0 atom stereocenters. The molecule has 7 nitrogen and oxygen atoms in total. The van der Waals surface area contributed by atoms with Gasteiger partial charge < -0.3 is 19.7 Å². The first-order chi connectivity index (χ1) is 12.4. The number of carboxylic acid groups (broad SMARTS) is 1. The summed E-state index contributed by atoms with van der Waals surface area (Å²) in [5, 5.41) is 18.7. The average molecular weight is 351 g/mol. The smallest absolute Gasteiger partial charge is 0.333 e. The number of carbonyl (C=O) groups is 1. The number of fused-ring (bicyclic) bond motifs is 1. The van der Waals surface area contributed by atoms with Crippen molar-refractivity contribution in [3.05, 3.63) is 62.7 Å². The van der Waals surface area contributed by atoms with Gasteiger partial charge in [-0.3, -0.25) is 4.79 Å². The molecule has 2 aromatic rings. The quantitative estimate of drug-likeness (QED) is 0.880. The van der Waals surface area contributed by atoms with Crippen LogP contribution < -0.4 is 15.2 Å². The Bertz CT molecular complexity index is 1040. The van der Waals surface area contributed by atoms with E-state index in [4.69, 9.17) is 10.00 Å². The number of aromatic nitrogens is 1. The lowest BCUT2D eigenvalue weighted by Crippen LogP contribution is -2.31. The second kappa shape index (κ2) is 6.41. The Hall–Kier alpha value is -3.53. The number of nitriles is 1. The molecular formula is C19H17N3O4. The number of hydrogen-bond acceptors (Lipinski definition) is 5.